The molecule has 40 heavy (non-hydrogen) atoms. The van der Waals surface area contributed by atoms with Crippen LogP contribution in [0.25, 0.3) is 28.1 Å². The lowest BCUT2D eigenvalue weighted by Crippen LogP contribution is -2.23. The fourth-order valence-electron chi connectivity index (χ4n) is 5.01. The predicted molar refractivity (Wildman–Crippen MR) is 150 cm³/mol. The van der Waals surface area contributed by atoms with Gasteiger partial charge < -0.3 is 19.4 Å². The topological polar surface area (TPSA) is 153 Å². The average molecular weight is 624 g/mol. The van der Waals surface area contributed by atoms with Crippen molar-refractivity contribution in [2.24, 2.45) is 0 Å². The van der Waals surface area contributed by atoms with E-state index in [4.69, 9.17) is 21.4 Å². The van der Waals surface area contributed by atoms with Gasteiger partial charge in [-0.25, -0.2) is 9.78 Å². The van der Waals surface area contributed by atoms with E-state index in [9.17, 15) is 9.59 Å². The lowest BCUT2D eigenvalue weighted by atomic mass is 10.0. The van der Waals surface area contributed by atoms with Gasteiger partial charge in [0.1, 0.15) is 17.9 Å². The zero-order chi connectivity index (χ0) is 28.0. The summed E-state index contributed by atoms with van der Waals surface area (Å²) in [5, 5.41) is 23.4. The number of hydrogen-bond donors (Lipinski definition) is 3. The Balaban J connectivity index is 1.36. The quantitative estimate of drug-likeness (QED) is 0.241. The Hall–Kier alpha value is -4.49. The number of nitrogens with zero attached hydrogens (tertiary/aromatic N) is 6. The Kier molecular flexibility index (Phi) is 6.60. The second-order valence-electron chi connectivity index (χ2n) is 9.06. The first-order valence-electron chi connectivity index (χ1n) is 12.0. The molecule has 0 unspecified atom stereocenters. The molecule has 3 aromatic heterocycles. The van der Waals surface area contributed by atoms with Gasteiger partial charge in [-0.15, -0.1) is 5.10 Å². The van der Waals surface area contributed by atoms with Gasteiger partial charge in [-0.1, -0.05) is 11.6 Å². The lowest BCUT2D eigenvalue weighted by molar-refractivity contribution is 0.209. The van der Waals surface area contributed by atoms with Crippen molar-refractivity contribution in [3.05, 3.63) is 86.4 Å². The molecule has 12 nitrogen and oxygen atoms in total. The maximum Gasteiger partial charge on any atom is 0.409 e. The van der Waals surface area contributed by atoms with Crippen LogP contribution in [-0.4, -0.2) is 53.1 Å². The fraction of sp³-hybridized carbons (Fsp3) is 0.154. The number of methoxy groups -OCH3 is 1. The number of anilines is 1. The third-order valence-corrected chi connectivity index (χ3v) is 7.62. The van der Waals surface area contributed by atoms with E-state index in [0.717, 1.165) is 16.8 Å². The molecule has 1 atom stereocenters. The van der Waals surface area contributed by atoms with Gasteiger partial charge >= 0.3 is 6.09 Å². The number of pyridine rings is 1. The molecule has 0 saturated heterocycles. The second kappa shape index (κ2) is 10.2. The first kappa shape index (κ1) is 25.8. The van der Waals surface area contributed by atoms with Crippen LogP contribution in [0.15, 0.2) is 64.3 Å². The SMILES string of the molecule is COc1cc(NC(=O)O)c(Br)cc1-c1cnc([C@@H]2CCc3cc(-c4cc(Cl)ccc4-n4cnnn4)cc(=O)n32)[nH]1. The molecule has 5 aromatic rings. The first-order chi connectivity index (χ1) is 19.3. The van der Waals surface area contributed by atoms with Crippen molar-refractivity contribution < 1.29 is 14.6 Å². The van der Waals surface area contributed by atoms with E-state index in [2.05, 4.69) is 46.7 Å². The van der Waals surface area contributed by atoms with Crippen molar-refractivity contribution in [3.63, 3.8) is 0 Å². The van der Waals surface area contributed by atoms with Crippen LogP contribution in [0, 0.1) is 0 Å². The number of carboxylic acid groups (broad SMARTS) is 1. The average Bonchev–Trinajstić information content (AvgIpc) is 3.70. The van der Waals surface area contributed by atoms with E-state index in [1.165, 1.54) is 18.1 Å². The number of aromatic nitrogens is 7. The number of amides is 1. The number of carbonyl (C=O) groups is 1. The van der Waals surface area contributed by atoms with E-state index in [1.807, 2.05) is 12.1 Å². The highest BCUT2D eigenvalue weighted by atomic mass is 79.9. The van der Waals surface area contributed by atoms with Gasteiger partial charge in [0, 0.05) is 38.4 Å². The number of benzene rings is 2. The van der Waals surface area contributed by atoms with Crippen LogP contribution in [-0.2, 0) is 6.42 Å². The molecule has 202 valence electrons. The first-order valence-corrected chi connectivity index (χ1v) is 13.2. The molecule has 1 aliphatic heterocycles. The minimum atomic E-state index is -1.19. The summed E-state index contributed by atoms with van der Waals surface area (Å²) in [5.41, 5.74) is 4.56. The number of tetrazole rings is 1. The Morgan fingerprint density at radius 2 is 2.08 bits per heavy atom. The third kappa shape index (κ3) is 4.62. The molecule has 0 radical (unpaired) electrons. The summed E-state index contributed by atoms with van der Waals surface area (Å²) in [6.07, 6.45) is 3.33. The normalized spacial score (nSPS) is 14.2. The molecule has 0 saturated carbocycles. The summed E-state index contributed by atoms with van der Waals surface area (Å²) in [6, 6.07) is 12.0. The molecule has 0 aliphatic carbocycles. The number of imidazole rings is 1. The number of halogens is 2. The maximum absolute atomic E-state index is 13.5. The Morgan fingerprint density at radius 1 is 1.23 bits per heavy atom. The highest BCUT2D eigenvalue weighted by molar-refractivity contribution is 9.10. The standard InChI is InChI=1S/C26H20BrClN8O4/c1-40-23-10-19(32-26(38)39)18(27)9-17(23)20-11-29-25(31-20)22-5-3-15-6-13(7-24(37)36(15)22)16-8-14(28)2-4-21(16)35-12-30-33-34-35/h2,4,6-12,22,32H,3,5H2,1H3,(H,29,31)(H,38,39)/t22-/m0/s1. The van der Waals surface area contributed by atoms with E-state index >= 15 is 0 Å². The molecule has 0 fully saturated rings. The minimum absolute atomic E-state index is 0.167. The lowest BCUT2D eigenvalue weighted by Gasteiger charge is -2.15. The smallest absolute Gasteiger partial charge is 0.409 e. The Morgan fingerprint density at radius 3 is 2.83 bits per heavy atom. The summed E-state index contributed by atoms with van der Waals surface area (Å²) >= 11 is 9.71. The third-order valence-electron chi connectivity index (χ3n) is 6.73. The summed E-state index contributed by atoms with van der Waals surface area (Å²) in [7, 11) is 1.50. The van der Waals surface area contributed by atoms with E-state index in [0.29, 0.717) is 56.5 Å². The number of aromatic amines is 1. The number of ether oxygens (including phenoxy) is 1. The van der Waals surface area contributed by atoms with Crippen LogP contribution < -0.4 is 15.6 Å². The van der Waals surface area contributed by atoms with Gasteiger partial charge in [0.2, 0.25) is 0 Å². The van der Waals surface area contributed by atoms with Crippen molar-refractivity contribution in [1.82, 2.24) is 34.7 Å². The van der Waals surface area contributed by atoms with Crippen LogP contribution >= 0.6 is 27.5 Å². The summed E-state index contributed by atoms with van der Waals surface area (Å²) in [5.74, 6) is 1.09. The molecule has 4 heterocycles. The molecular weight excluding hydrogens is 604 g/mol. The van der Waals surface area contributed by atoms with Crippen molar-refractivity contribution >= 4 is 39.3 Å². The second-order valence-corrected chi connectivity index (χ2v) is 10.3. The van der Waals surface area contributed by atoms with Crippen molar-refractivity contribution in [1.29, 1.82) is 0 Å². The molecule has 0 spiro atoms. The molecule has 1 aliphatic rings. The Bertz CT molecular complexity index is 1820. The number of rotatable bonds is 6. The zero-order valence-corrected chi connectivity index (χ0v) is 23.1. The van der Waals surface area contributed by atoms with E-state index < -0.39 is 6.09 Å². The number of H-pyrrole nitrogens is 1. The summed E-state index contributed by atoms with van der Waals surface area (Å²) in [4.78, 5) is 32.5. The molecule has 2 aromatic carbocycles. The van der Waals surface area contributed by atoms with E-state index in [-0.39, 0.29) is 11.6 Å². The largest absolute Gasteiger partial charge is 0.496 e. The van der Waals surface area contributed by atoms with Crippen LogP contribution in [0.4, 0.5) is 10.5 Å². The number of fused-ring (bicyclic) bond motifs is 1. The maximum atomic E-state index is 13.5. The van der Waals surface area contributed by atoms with Crippen LogP contribution in [0.5, 0.6) is 5.75 Å². The van der Waals surface area contributed by atoms with Gasteiger partial charge in [-0.05, 0) is 75.1 Å². The molecular formula is C26H20BrClN8O4. The highest BCUT2D eigenvalue weighted by Crippen LogP contribution is 2.39. The fourth-order valence-corrected chi connectivity index (χ4v) is 5.62. The van der Waals surface area contributed by atoms with Crippen LogP contribution in [0.1, 0.15) is 24.0 Å². The van der Waals surface area contributed by atoms with Crippen LogP contribution in [0.2, 0.25) is 5.02 Å². The molecule has 14 heteroatoms. The van der Waals surface area contributed by atoms with Crippen LogP contribution in [0.3, 0.4) is 0 Å². The van der Waals surface area contributed by atoms with Gasteiger partial charge in [0.15, 0.2) is 0 Å². The highest BCUT2D eigenvalue weighted by Gasteiger charge is 2.28. The monoisotopic (exact) mass is 622 g/mol. The molecule has 3 N–H and O–H groups in total. The van der Waals surface area contributed by atoms with Crippen molar-refractivity contribution in [2.45, 2.75) is 18.9 Å². The van der Waals surface area contributed by atoms with Gasteiger partial charge in [0.25, 0.3) is 5.56 Å². The van der Waals surface area contributed by atoms with Gasteiger partial charge in [-0.2, -0.15) is 4.68 Å². The van der Waals surface area contributed by atoms with Gasteiger partial charge in [0.05, 0.1) is 36.4 Å². The van der Waals surface area contributed by atoms with Gasteiger partial charge in [-0.3, -0.25) is 10.1 Å². The number of nitrogens with one attached hydrogen (secondary N) is 2. The summed E-state index contributed by atoms with van der Waals surface area (Å²) in [6.45, 7) is 0. The Labute approximate surface area is 239 Å². The number of aryl methyl sites for hydroxylation is 1. The number of hydrogen-bond acceptors (Lipinski definition) is 7. The molecule has 1 amide bonds. The zero-order valence-electron chi connectivity index (χ0n) is 20.8. The summed E-state index contributed by atoms with van der Waals surface area (Å²) < 4.78 is 9.33. The van der Waals surface area contributed by atoms with Crippen molar-refractivity contribution in [3.8, 4) is 33.8 Å². The minimum Gasteiger partial charge on any atom is -0.496 e. The molecule has 0 bridgehead atoms. The van der Waals surface area contributed by atoms with Crippen molar-refractivity contribution in [2.75, 3.05) is 12.4 Å². The molecule has 6 rings (SSSR count). The predicted octanol–water partition coefficient (Wildman–Crippen LogP) is 4.93. The van der Waals surface area contributed by atoms with E-state index in [1.54, 1.807) is 41.1 Å².